The van der Waals surface area contributed by atoms with E-state index < -0.39 is 5.91 Å². The SMILES string of the molecule is CCCn1nc(C(=O)N/N=C\c2ccc(C)o2)c2ccccc2c1=O. The molecule has 0 bridgehead atoms. The Morgan fingerprint density at radius 3 is 2.72 bits per heavy atom. The average molecular weight is 338 g/mol. The Bertz CT molecular complexity index is 1000. The molecular weight excluding hydrogens is 320 g/mol. The van der Waals surface area contributed by atoms with E-state index in [0.29, 0.717) is 23.1 Å². The Morgan fingerprint density at radius 1 is 1.28 bits per heavy atom. The summed E-state index contributed by atoms with van der Waals surface area (Å²) in [6, 6.07) is 10.5. The van der Waals surface area contributed by atoms with E-state index >= 15 is 0 Å². The number of rotatable bonds is 5. The number of carbonyl (C=O) groups is 1. The molecule has 0 aliphatic heterocycles. The average Bonchev–Trinajstić information content (AvgIpc) is 3.03. The van der Waals surface area contributed by atoms with Crippen molar-refractivity contribution >= 4 is 22.9 Å². The molecule has 0 saturated heterocycles. The van der Waals surface area contributed by atoms with Crippen LogP contribution in [0.25, 0.3) is 10.8 Å². The van der Waals surface area contributed by atoms with Crippen molar-refractivity contribution in [3.05, 3.63) is 64.0 Å². The van der Waals surface area contributed by atoms with Crippen LogP contribution in [-0.2, 0) is 6.54 Å². The number of hydrogen-bond acceptors (Lipinski definition) is 5. The first-order valence-electron chi connectivity index (χ1n) is 8.00. The summed E-state index contributed by atoms with van der Waals surface area (Å²) in [5, 5.41) is 9.07. The third kappa shape index (κ3) is 3.50. The molecule has 128 valence electrons. The van der Waals surface area contributed by atoms with Crippen molar-refractivity contribution in [2.24, 2.45) is 5.10 Å². The lowest BCUT2D eigenvalue weighted by Crippen LogP contribution is -2.29. The Labute approximate surface area is 144 Å². The summed E-state index contributed by atoms with van der Waals surface area (Å²) < 4.78 is 6.66. The zero-order valence-electron chi connectivity index (χ0n) is 14.0. The van der Waals surface area contributed by atoms with E-state index in [1.807, 2.05) is 13.8 Å². The fourth-order valence-electron chi connectivity index (χ4n) is 2.50. The molecule has 3 aromatic rings. The highest BCUT2D eigenvalue weighted by Gasteiger charge is 2.16. The molecule has 25 heavy (non-hydrogen) atoms. The van der Waals surface area contributed by atoms with Gasteiger partial charge in [-0.1, -0.05) is 25.1 Å². The summed E-state index contributed by atoms with van der Waals surface area (Å²) in [5.41, 5.74) is 2.39. The number of aromatic nitrogens is 2. The molecule has 0 unspecified atom stereocenters. The Hall–Kier alpha value is -3.22. The van der Waals surface area contributed by atoms with Crippen LogP contribution in [0.2, 0.25) is 0 Å². The van der Waals surface area contributed by atoms with Crippen LogP contribution < -0.4 is 11.0 Å². The zero-order chi connectivity index (χ0) is 17.8. The van der Waals surface area contributed by atoms with Gasteiger partial charge in [-0.15, -0.1) is 0 Å². The molecule has 7 nitrogen and oxygen atoms in total. The molecule has 1 amide bonds. The third-order valence-electron chi connectivity index (χ3n) is 3.64. The molecule has 0 fully saturated rings. The second kappa shape index (κ2) is 7.12. The van der Waals surface area contributed by atoms with Crippen LogP contribution in [0.3, 0.4) is 0 Å². The molecule has 7 heteroatoms. The lowest BCUT2D eigenvalue weighted by Gasteiger charge is -2.09. The predicted molar refractivity (Wildman–Crippen MR) is 94.8 cm³/mol. The standard InChI is InChI=1S/C18H18N4O3/c1-3-10-22-18(24)15-7-5-4-6-14(15)16(21-22)17(23)20-19-11-13-9-8-12(2)25-13/h4-9,11H,3,10H2,1-2H3,(H,20,23)/b19-11-. The monoisotopic (exact) mass is 338 g/mol. The first-order chi connectivity index (χ1) is 12.1. The maximum atomic E-state index is 12.5. The summed E-state index contributed by atoms with van der Waals surface area (Å²) in [6.07, 6.45) is 2.15. The molecular formula is C18H18N4O3. The second-order valence-corrected chi connectivity index (χ2v) is 5.57. The van der Waals surface area contributed by atoms with Crippen LogP contribution in [0.5, 0.6) is 0 Å². The van der Waals surface area contributed by atoms with E-state index in [9.17, 15) is 9.59 Å². The smallest absolute Gasteiger partial charge is 0.292 e. The molecule has 0 radical (unpaired) electrons. The number of amides is 1. The van der Waals surface area contributed by atoms with E-state index in [2.05, 4.69) is 15.6 Å². The van der Waals surface area contributed by atoms with Gasteiger partial charge in [-0.25, -0.2) is 10.1 Å². The topological polar surface area (TPSA) is 89.5 Å². The summed E-state index contributed by atoms with van der Waals surface area (Å²) in [6.45, 7) is 4.21. The Balaban J connectivity index is 1.93. The number of hydrazone groups is 1. The van der Waals surface area contributed by atoms with Gasteiger partial charge in [0.15, 0.2) is 5.69 Å². The summed E-state index contributed by atoms with van der Waals surface area (Å²) in [7, 11) is 0. The number of carbonyl (C=O) groups excluding carboxylic acids is 1. The van der Waals surface area contributed by atoms with Crippen molar-refractivity contribution in [2.45, 2.75) is 26.8 Å². The number of furan rings is 1. The van der Waals surface area contributed by atoms with Gasteiger partial charge < -0.3 is 4.42 Å². The molecule has 1 N–H and O–H groups in total. The van der Waals surface area contributed by atoms with Gasteiger partial charge >= 0.3 is 0 Å². The zero-order valence-corrected chi connectivity index (χ0v) is 14.0. The van der Waals surface area contributed by atoms with Crippen LogP contribution >= 0.6 is 0 Å². The van der Waals surface area contributed by atoms with E-state index in [0.717, 1.165) is 12.2 Å². The minimum atomic E-state index is -0.486. The number of nitrogens with zero attached hydrogens (tertiary/aromatic N) is 3. The van der Waals surface area contributed by atoms with Crippen molar-refractivity contribution in [1.29, 1.82) is 0 Å². The normalized spacial score (nSPS) is 11.3. The van der Waals surface area contributed by atoms with Crippen LogP contribution in [-0.4, -0.2) is 21.9 Å². The van der Waals surface area contributed by atoms with E-state index in [1.54, 1.807) is 36.4 Å². The lowest BCUT2D eigenvalue weighted by molar-refractivity contribution is 0.0949. The molecule has 0 aliphatic rings. The second-order valence-electron chi connectivity index (χ2n) is 5.57. The Kier molecular flexibility index (Phi) is 4.74. The molecule has 2 heterocycles. The highest BCUT2D eigenvalue weighted by Crippen LogP contribution is 2.13. The molecule has 2 aromatic heterocycles. The number of benzene rings is 1. The van der Waals surface area contributed by atoms with Crippen molar-refractivity contribution in [3.8, 4) is 0 Å². The quantitative estimate of drug-likeness (QED) is 0.572. The van der Waals surface area contributed by atoms with Gasteiger partial charge in [0.05, 0.1) is 11.6 Å². The van der Waals surface area contributed by atoms with E-state index in [1.165, 1.54) is 10.9 Å². The highest BCUT2D eigenvalue weighted by molar-refractivity contribution is 6.04. The Morgan fingerprint density at radius 2 is 2.04 bits per heavy atom. The van der Waals surface area contributed by atoms with Crippen LogP contribution in [0.15, 0.2) is 50.7 Å². The minimum absolute atomic E-state index is 0.163. The lowest BCUT2D eigenvalue weighted by atomic mass is 10.1. The minimum Gasteiger partial charge on any atom is -0.460 e. The first-order valence-corrected chi connectivity index (χ1v) is 8.00. The van der Waals surface area contributed by atoms with Gasteiger partial charge in [0.1, 0.15) is 11.5 Å². The maximum Gasteiger partial charge on any atom is 0.292 e. The largest absolute Gasteiger partial charge is 0.460 e. The molecule has 0 aliphatic carbocycles. The molecule has 0 atom stereocenters. The molecule has 1 aromatic carbocycles. The molecule has 0 saturated carbocycles. The van der Waals surface area contributed by atoms with Gasteiger partial charge in [-0.05, 0) is 31.5 Å². The van der Waals surface area contributed by atoms with E-state index in [-0.39, 0.29) is 11.3 Å². The van der Waals surface area contributed by atoms with Gasteiger partial charge in [0.2, 0.25) is 0 Å². The summed E-state index contributed by atoms with van der Waals surface area (Å²) >= 11 is 0. The highest BCUT2D eigenvalue weighted by atomic mass is 16.3. The van der Waals surface area contributed by atoms with Crippen molar-refractivity contribution in [2.75, 3.05) is 0 Å². The van der Waals surface area contributed by atoms with E-state index in [4.69, 9.17) is 4.42 Å². The number of hydrogen-bond donors (Lipinski definition) is 1. The van der Waals surface area contributed by atoms with Crippen LogP contribution in [0, 0.1) is 6.92 Å². The predicted octanol–water partition coefficient (Wildman–Crippen LogP) is 2.47. The van der Waals surface area contributed by atoms with Gasteiger partial charge in [-0.3, -0.25) is 9.59 Å². The maximum absolute atomic E-state index is 12.5. The van der Waals surface area contributed by atoms with Crippen molar-refractivity contribution in [1.82, 2.24) is 15.2 Å². The fourth-order valence-corrected chi connectivity index (χ4v) is 2.50. The van der Waals surface area contributed by atoms with Crippen molar-refractivity contribution in [3.63, 3.8) is 0 Å². The summed E-state index contributed by atoms with van der Waals surface area (Å²) in [4.78, 5) is 24.9. The van der Waals surface area contributed by atoms with Crippen LogP contribution in [0.4, 0.5) is 0 Å². The van der Waals surface area contributed by atoms with Gasteiger partial charge in [0.25, 0.3) is 11.5 Å². The third-order valence-corrected chi connectivity index (χ3v) is 3.64. The van der Waals surface area contributed by atoms with Gasteiger partial charge in [-0.2, -0.15) is 10.2 Å². The number of fused-ring (bicyclic) bond motifs is 1. The number of nitrogens with one attached hydrogen (secondary N) is 1. The van der Waals surface area contributed by atoms with Gasteiger partial charge in [0, 0.05) is 11.9 Å². The van der Waals surface area contributed by atoms with Crippen molar-refractivity contribution < 1.29 is 9.21 Å². The molecule has 0 spiro atoms. The van der Waals surface area contributed by atoms with Crippen LogP contribution in [0.1, 0.15) is 35.4 Å². The first kappa shape index (κ1) is 16.6. The molecule has 3 rings (SSSR count). The fraction of sp³-hybridized carbons (Fsp3) is 0.222. The number of aryl methyl sites for hydroxylation is 2. The summed E-state index contributed by atoms with van der Waals surface area (Å²) in [5.74, 6) is 0.805.